The molecule has 0 aliphatic carbocycles. The summed E-state index contributed by atoms with van der Waals surface area (Å²) in [6.45, 7) is 2.20. The molecule has 154 valence electrons. The van der Waals surface area contributed by atoms with Gasteiger partial charge in [0, 0.05) is 6.42 Å². The van der Waals surface area contributed by atoms with E-state index in [1.165, 1.54) is 32.1 Å². The molecule has 0 bridgehead atoms. The minimum absolute atomic E-state index is 0.00259. The van der Waals surface area contributed by atoms with Crippen LogP contribution in [-0.4, -0.2) is 70.9 Å². The quantitative estimate of drug-likeness (QED) is 0.285. The summed E-state index contributed by atoms with van der Waals surface area (Å²) in [5.41, 5.74) is -1.94. The molecule has 0 aromatic heterocycles. The van der Waals surface area contributed by atoms with Gasteiger partial charge in [-0.15, -0.1) is 0 Å². The number of aliphatic hydroxyl groups excluding tert-OH is 1. The Morgan fingerprint density at radius 1 is 0.962 bits per heavy atom. The van der Waals surface area contributed by atoms with Gasteiger partial charge in [0.05, 0.1) is 33.7 Å². The van der Waals surface area contributed by atoms with E-state index in [4.69, 9.17) is 5.11 Å². The average molecular weight is 375 g/mol. The third kappa shape index (κ3) is 12.4. The number of aliphatic carboxylic acids is 1. The lowest BCUT2D eigenvalue weighted by Gasteiger charge is -2.34. The van der Waals surface area contributed by atoms with E-state index in [2.05, 4.69) is 6.92 Å². The molecule has 3 N–H and O–H groups in total. The van der Waals surface area contributed by atoms with E-state index in [1.807, 2.05) is 0 Å². The van der Waals surface area contributed by atoms with Crippen molar-refractivity contribution in [3.63, 3.8) is 0 Å². The Kier molecular flexibility index (Phi) is 11.9. The Labute approximate surface area is 158 Å². The van der Waals surface area contributed by atoms with Crippen molar-refractivity contribution in [2.45, 2.75) is 89.3 Å². The first-order chi connectivity index (χ1) is 12.0. The van der Waals surface area contributed by atoms with Crippen molar-refractivity contribution in [2.75, 3.05) is 27.7 Å². The number of Topliss-reactive ketones (excluding diaryl/α,β-unsaturated/α-hetero) is 1. The van der Waals surface area contributed by atoms with Crippen molar-refractivity contribution in [3.8, 4) is 0 Å². The van der Waals surface area contributed by atoms with Crippen molar-refractivity contribution >= 4 is 11.8 Å². The molecule has 0 radical (unpaired) electrons. The number of unbranched alkanes of at least 4 members (excludes halogenated alkanes) is 7. The van der Waals surface area contributed by atoms with Crippen molar-refractivity contribution < 1.29 is 29.4 Å². The summed E-state index contributed by atoms with van der Waals surface area (Å²) < 4.78 is 0.268. The summed E-state index contributed by atoms with van der Waals surface area (Å²) in [5.74, 6) is -1.80. The van der Waals surface area contributed by atoms with Crippen molar-refractivity contribution in [1.82, 2.24) is 0 Å². The lowest BCUT2D eigenvalue weighted by Crippen LogP contribution is -2.55. The van der Waals surface area contributed by atoms with E-state index < -0.39 is 29.9 Å². The van der Waals surface area contributed by atoms with Crippen LogP contribution in [0.2, 0.25) is 0 Å². The number of ketones is 1. The van der Waals surface area contributed by atoms with Crippen molar-refractivity contribution in [3.05, 3.63) is 0 Å². The maximum atomic E-state index is 12.4. The predicted molar refractivity (Wildman–Crippen MR) is 103 cm³/mol. The van der Waals surface area contributed by atoms with Gasteiger partial charge < -0.3 is 19.8 Å². The van der Waals surface area contributed by atoms with Gasteiger partial charge >= 0.3 is 5.97 Å². The molecule has 0 aliphatic heterocycles. The fourth-order valence-corrected chi connectivity index (χ4v) is 3.30. The number of carboxylic acid groups (broad SMARTS) is 1. The largest absolute Gasteiger partial charge is 0.481 e. The molecule has 0 heterocycles. The lowest BCUT2D eigenvalue weighted by molar-refractivity contribution is -0.875. The first-order valence-corrected chi connectivity index (χ1v) is 9.96. The van der Waals surface area contributed by atoms with E-state index in [0.717, 1.165) is 19.3 Å². The topological polar surface area (TPSA) is 94.8 Å². The summed E-state index contributed by atoms with van der Waals surface area (Å²) >= 11 is 0. The van der Waals surface area contributed by atoms with Gasteiger partial charge in [-0.1, -0.05) is 58.3 Å². The van der Waals surface area contributed by atoms with Crippen molar-refractivity contribution in [2.24, 2.45) is 0 Å². The molecule has 0 rings (SSSR count). The smallest absolute Gasteiger partial charge is 0.306 e. The maximum absolute atomic E-state index is 12.4. The van der Waals surface area contributed by atoms with Gasteiger partial charge in [-0.05, 0) is 6.42 Å². The third-order valence-corrected chi connectivity index (χ3v) is 4.51. The summed E-state index contributed by atoms with van der Waals surface area (Å²) in [6, 6.07) is 0. The highest BCUT2D eigenvalue weighted by molar-refractivity contribution is 5.91. The highest BCUT2D eigenvalue weighted by atomic mass is 16.4. The molecule has 0 spiro atoms. The fraction of sp³-hybridized carbons (Fsp3) is 0.900. The van der Waals surface area contributed by atoms with E-state index in [1.54, 1.807) is 21.1 Å². The van der Waals surface area contributed by atoms with Crippen LogP contribution in [0.3, 0.4) is 0 Å². The average Bonchev–Trinajstić information content (AvgIpc) is 2.47. The Balaban J connectivity index is 4.28. The molecule has 0 aromatic rings. The van der Waals surface area contributed by atoms with Crippen LogP contribution < -0.4 is 0 Å². The molecule has 0 aliphatic rings. The minimum atomic E-state index is -1.94. The summed E-state index contributed by atoms with van der Waals surface area (Å²) in [5, 5.41) is 29.7. The summed E-state index contributed by atoms with van der Waals surface area (Å²) in [7, 11) is 5.37. The van der Waals surface area contributed by atoms with Crippen LogP contribution >= 0.6 is 0 Å². The molecule has 2 atom stereocenters. The number of aliphatic hydroxyl groups is 2. The van der Waals surface area contributed by atoms with E-state index in [-0.39, 0.29) is 17.4 Å². The second kappa shape index (κ2) is 12.4. The van der Waals surface area contributed by atoms with Crippen LogP contribution in [0.25, 0.3) is 0 Å². The molecule has 0 aromatic carbocycles. The van der Waals surface area contributed by atoms with Crippen molar-refractivity contribution in [1.29, 1.82) is 0 Å². The van der Waals surface area contributed by atoms with Crippen LogP contribution in [0, 0.1) is 0 Å². The normalized spacial score (nSPS) is 15.5. The number of carboxylic acids is 1. The van der Waals surface area contributed by atoms with Gasteiger partial charge in [0.25, 0.3) is 0 Å². The van der Waals surface area contributed by atoms with Crippen LogP contribution in [0.1, 0.15) is 77.6 Å². The SMILES string of the molecule is CCCCCCCCCCC(O)CC(=O)C(O)(CC(=O)O)C[N+](C)(C)C. The Morgan fingerprint density at radius 3 is 1.92 bits per heavy atom. The van der Waals surface area contributed by atoms with E-state index in [0.29, 0.717) is 6.42 Å². The molecule has 6 nitrogen and oxygen atoms in total. The third-order valence-electron chi connectivity index (χ3n) is 4.51. The zero-order valence-corrected chi connectivity index (χ0v) is 17.2. The number of carbonyl (C=O) groups excluding carboxylic acids is 1. The molecule has 0 saturated carbocycles. The van der Waals surface area contributed by atoms with Gasteiger partial charge in [-0.3, -0.25) is 9.59 Å². The monoisotopic (exact) mass is 374 g/mol. The molecule has 0 saturated heterocycles. The van der Waals surface area contributed by atoms with Gasteiger partial charge in [-0.2, -0.15) is 0 Å². The molecule has 6 heteroatoms. The first-order valence-electron chi connectivity index (χ1n) is 9.96. The molecule has 0 fully saturated rings. The number of nitrogens with zero attached hydrogens (tertiary/aromatic N) is 1. The zero-order chi connectivity index (χ0) is 20.2. The highest BCUT2D eigenvalue weighted by Crippen LogP contribution is 2.20. The van der Waals surface area contributed by atoms with E-state index >= 15 is 0 Å². The van der Waals surface area contributed by atoms with Crippen LogP contribution in [-0.2, 0) is 9.59 Å². The van der Waals surface area contributed by atoms with Crippen LogP contribution in [0.4, 0.5) is 0 Å². The van der Waals surface area contributed by atoms with Gasteiger partial charge in [0.15, 0.2) is 11.4 Å². The van der Waals surface area contributed by atoms with Crippen LogP contribution in [0.15, 0.2) is 0 Å². The fourth-order valence-electron chi connectivity index (χ4n) is 3.30. The number of hydrogen-bond acceptors (Lipinski definition) is 4. The molecule has 2 unspecified atom stereocenters. The van der Waals surface area contributed by atoms with Gasteiger partial charge in [0.2, 0.25) is 0 Å². The number of rotatable bonds is 16. The highest BCUT2D eigenvalue weighted by Gasteiger charge is 2.43. The maximum Gasteiger partial charge on any atom is 0.306 e. The standard InChI is InChI=1S/C20H39NO5/c1-5-6-7-8-9-10-11-12-13-17(22)14-18(23)20(26,15-19(24)25)16-21(2,3)4/h17,22,26H,5-16H2,1-4H3/p+1. The number of likely N-dealkylation sites (N-methyl/N-ethyl adjacent to an activating group) is 1. The predicted octanol–water partition coefficient (Wildman–Crippen LogP) is 2.75. The number of quaternary nitrogens is 1. The Bertz CT molecular complexity index is 419. The minimum Gasteiger partial charge on any atom is -0.481 e. The number of hydrogen-bond donors (Lipinski definition) is 3. The summed E-state index contributed by atoms with van der Waals surface area (Å²) in [4.78, 5) is 23.5. The first kappa shape index (κ1) is 25.0. The van der Waals surface area contributed by atoms with Gasteiger partial charge in [-0.25, -0.2) is 0 Å². The Hall–Kier alpha value is -0.980. The zero-order valence-electron chi connectivity index (χ0n) is 17.2. The summed E-state index contributed by atoms with van der Waals surface area (Å²) in [6.07, 6.45) is 8.12. The second-order valence-corrected chi connectivity index (χ2v) is 8.60. The lowest BCUT2D eigenvalue weighted by atomic mass is 9.88. The van der Waals surface area contributed by atoms with Gasteiger partial charge in [0.1, 0.15) is 6.54 Å². The molecule has 26 heavy (non-hydrogen) atoms. The van der Waals surface area contributed by atoms with E-state index in [9.17, 15) is 19.8 Å². The molecular formula is C20H40NO5+. The number of carbonyl (C=O) groups is 2. The molecule has 0 amide bonds. The molecular weight excluding hydrogens is 334 g/mol. The second-order valence-electron chi connectivity index (χ2n) is 8.60. The van der Waals surface area contributed by atoms with Crippen LogP contribution in [0.5, 0.6) is 0 Å². The Morgan fingerprint density at radius 2 is 1.46 bits per heavy atom.